The molecule has 4 nitrogen and oxygen atoms in total. The monoisotopic (exact) mass is 1050 g/mol. The largest absolute Gasteiger partial charge is 0.310 e. The molecule has 0 bridgehead atoms. The summed E-state index contributed by atoms with van der Waals surface area (Å²) >= 11 is 0. The van der Waals surface area contributed by atoms with E-state index in [-0.39, 0.29) is 35.5 Å². The van der Waals surface area contributed by atoms with Crippen LogP contribution in [0, 0.1) is 0 Å². The SMILES string of the molecule is [2H]c1c([2H])c([2H])c(N(c2ccc3c4cccc5c6cc7c(cc6n(c3c2)c45)c2cccc3c4ccc(N(c5cc(-c6ccccc6)ccc5-c5ccccc5)c5c([2H])c([2H])c([2H])c([2H])c5[2H])cc4n7c32)c2cc(-c3ccccc3)ccc2-c2ccccc2)c([2H])c1[2H]. The summed E-state index contributed by atoms with van der Waals surface area (Å²) in [5.41, 5.74) is 15.3. The predicted octanol–water partition coefficient (Wildman–Crippen LogP) is 21.6. The fourth-order valence-electron chi connectivity index (χ4n) is 13.0. The third kappa shape index (κ3) is 7.05. The van der Waals surface area contributed by atoms with Crippen LogP contribution in [0.4, 0.5) is 34.1 Å². The second kappa shape index (κ2) is 18.3. The van der Waals surface area contributed by atoms with E-state index in [9.17, 15) is 5.48 Å². The Labute approximate surface area is 488 Å². The Kier molecular flexibility index (Phi) is 8.27. The summed E-state index contributed by atoms with van der Waals surface area (Å²) in [5, 5.41) is 8.11. The Morgan fingerprint density at radius 3 is 0.988 bits per heavy atom. The van der Waals surface area contributed by atoms with Gasteiger partial charge in [-0.05, 0) is 106 Å². The van der Waals surface area contributed by atoms with Crippen LogP contribution in [-0.2, 0) is 0 Å². The first kappa shape index (κ1) is 37.0. The second-order valence-corrected chi connectivity index (χ2v) is 20.9. The molecular formula is C78H50N4. The molecule has 0 N–H and O–H groups in total. The van der Waals surface area contributed by atoms with Crippen molar-refractivity contribution in [2.45, 2.75) is 0 Å². The smallest absolute Gasteiger partial charge is 0.0645 e. The molecule has 0 aliphatic carbocycles. The van der Waals surface area contributed by atoms with Crippen molar-refractivity contribution in [3.63, 3.8) is 0 Å². The van der Waals surface area contributed by atoms with E-state index in [1.54, 1.807) is 0 Å². The van der Waals surface area contributed by atoms with Gasteiger partial charge in [0.05, 0.1) is 58.2 Å². The first-order valence-corrected chi connectivity index (χ1v) is 27.4. The molecule has 0 aliphatic rings. The highest BCUT2D eigenvalue weighted by Gasteiger charge is 2.26. The molecule has 0 aliphatic heterocycles. The van der Waals surface area contributed by atoms with Gasteiger partial charge < -0.3 is 18.6 Å². The fraction of sp³-hybridized carbons (Fsp3) is 0. The van der Waals surface area contributed by atoms with Crippen LogP contribution in [0.2, 0.25) is 0 Å². The van der Waals surface area contributed by atoms with Crippen LogP contribution in [0.25, 0.3) is 121 Å². The van der Waals surface area contributed by atoms with Crippen molar-refractivity contribution in [2.75, 3.05) is 9.80 Å². The van der Waals surface area contributed by atoms with Gasteiger partial charge in [0, 0.05) is 77.0 Å². The third-order valence-corrected chi connectivity index (χ3v) is 16.5. The number of nitrogens with zero attached hydrogens (tertiary/aromatic N) is 4. The maximum Gasteiger partial charge on any atom is 0.0645 e. The van der Waals surface area contributed by atoms with Crippen molar-refractivity contribution in [2.24, 2.45) is 0 Å². The van der Waals surface area contributed by atoms with E-state index < -0.39 is 36.3 Å². The van der Waals surface area contributed by atoms with Crippen molar-refractivity contribution in [1.82, 2.24) is 8.80 Å². The Bertz CT molecular complexity index is 5470. The van der Waals surface area contributed by atoms with Crippen LogP contribution in [0.15, 0.2) is 303 Å². The van der Waals surface area contributed by atoms with Crippen LogP contribution >= 0.6 is 0 Å². The Morgan fingerprint density at radius 1 is 0.244 bits per heavy atom. The maximum absolute atomic E-state index is 9.57. The minimum absolute atomic E-state index is 0.0216. The molecule has 0 atom stereocenters. The molecule has 382 valence electrons. The minimum atomic E-state index is -0.475. The molecule has 4 aromatic heterocycles. The topological polar surface area (TPSA) is 15.3 Å². The molecular weight excluding hydrogens is 993 g/mol. The third-order valence-electron chi connectivity index (χ3n) is 16.5. The minimum Gasteiger partial charge on any atom is -0.310 e. The maximum atomic E-state index is 9.57. The molecule has 0 fully saturated rings. The lowest BCUT2D eigenvalue weighted by Crippen LogP contribution is -2.11. The van der Waals surface area contributed by atoms with Gasteiger partial charge in [0.2, 0.25) is 0 Å². The highest BCUT2D eigenvalue weighted by Crippen LogP contribution is 2.50. The lowest BCUT2D eigenvalue weighted by atomic mass is 9.96. The van der Waals surface area contributed by atoms with Gasteiger partial charge in [0.25, 0.3) is 0 Å². The number of aromatic nitrogens is 2. The summed E-state index contributed by atoms with van der Waals surface area (Å²) in [6.45, 7) is 0. The van der Waals surface area contributed by atoms with Gasteiger partial charge in [-0.25, -0.2) is 0 Å². The first-order chi connectivity index (χ1) is 44.8. The molecule has 13 aromatic carbocycles. The van der Waals surface area contributed by atoms with E-state index in [0.29, 0.717) is 22.7 Å². The van der Waals surface area contributed by atoms with Gasteiger partial charge in [-0.2, -0.15) is 0 Å². The molecule has 4 heterocycles. The molecule has 0 saturated heterocycles. The second-order valence-electron chi connectivity index (χ2n) is 20.9. The molecule has 0 radical (unpaired) electrons. The molecule has 17 rings (SSSR count). The Morgan fingerprint density at radius 2 is 0.598 bits per heavy atom. The molecule has 17 aromatic rings. The molecule has 0 unspecified atom stereocenters. The zero-order chi connectivity index (χ0) is 62.5. The van der Waals surface area contributed by atoms with E-state index >= 15 is 0 Å². The molecule has 82 heavy (non-hydrogen) atoms. The Balaban J connectivity index is 0.923. The van der Waals surface area contributed by atoms with Gasteiger partial charge in [0.15, 0.2) is 0 Å². The summed E-state index contributed by atoms with van der Waals surface area (Å²) in [7, 11) is 0. The first-order valence-electron chi connectivity index (χ1n) is 32.4. The number of hydrogen-bond acceptors (Lipinski definition) is 2. The van der Waals surface area contributed by atoms with E-state index in [2.05, 4.69) is 93.7 Å². The van der Waals surface area contributed by atoms with Gasteiger partial charge >= 0.3 is 0 Å². The van der Waals surface area contributed by atoms with Gasteiger partial charge in [-0.1, -0.05) is 230 Å². The summed E-state index contributed by atoms with van der Waals surface area (Å²) < 4.78 is 96.4. The van der Waals surface area contributed by atoms with E-state index in [4.69, 9.17) is 8.22 Å². The fourth-order valence-corrected chi connectivity index (χ4v) is 13.0. The van der Waals surface area contributed by atoms with Crippen LogP contribution in [0.3, 0.4) is 0 Å². The molecule has 0 amide bonds. The number of para-hydroxylation sites is 4. The standard InChI is InChI=1S/C78H50N4/c1-7-21-51(22-8-1)55-37-41-61(53-25-11-3-12-26-53)71(45-55)79(57-29-15-5-16-30-57)59-39-43-63-65-33-19-35-67-69-50-76-70(49-75(69)81(77(65)67)73(63)47-59)68-36-20-34-66-64-44-40-60(48-74(64)82(76)78(66)68)80(58-31-17-6-18-32-58)72-46-56(52-23-9-2-10-24-52)38-42-62(72)54-27-13-4-14-28-54/h1-50H/i5D,6D,15D,16D,17D,18D,29D,30D,31D,32D. The van der Waals surface area contributed by atoms with E-state index in [0.717, 1.165) is 121 Å². The average Bonchev–Trinajstić information content (AvgIpc) is 1.52. The average molecular weight is 1050 g/mol. The highest BCUT2D eigenvalue weighted by molar-refractivity contribution is 6.29. The van der Waals surface area contributed by atoms with Gasteiger partial charge in [0.1, 0.15) is 0 Å². The lowest BCUT2D eigenvalue weighted by molar-refractivity contribution is 1.28. The van der Waals surface area contributed by atoms with Crippen LogP contribution in [-0.4, -0.2) is 8.80 Å². The molecule has 4 heteroatoms. The van der Waals surface area contributed by atoms with Crippen molar-refractivity contribution in [3.8, 4) is 44.5 Å². The quantitative estimate of drug-likeness (QED) is 0.136. The van der Waals surface area contributed by atoms with Crippen molar-refractivity contribution >= 4 is 110 Å². The van der Waals surface area contributed by atoms with Crippen LogP contribution in [0.1, 0.15) is 13.7 Å². The number of rotatable bonds is 10. The van der Waals surface area contributed by atoms with Crippen LogP contribution < -0.4 is 9.80 Å². The number of fused-ring (bicyclic) bond motifs is 12. The number of hydrogen-bond donors (Lipinski definition) is 0. The number of benzene rings is 13. The van der Waals surface area contributed by atoms with E-state index in [1.165, 1.54) is 0 Å². The summed E-state index contributed by atoms with van der Waals surface area (Å²) in [4.78, 5) is 3.68. The predicted molar refractivity (Wildman–Crippen MR) is 347 cm³/mol. The summed E-state index contributed by atoms with van der Waals surface area (Å²) in [5.74, 6) is 0. The molecule has 0 saturated carbocycles. The highest BCUT2D eigenvalue weighted by atomic mass is 15.2. The summed E-state index contributed by atoms with van der Waals surface area (Å²) in [6.07, 6.45) is 0. The van der Waals surface area contributed by atoms with E-state index in [1.807, 2.05) is 168 Å². The van der Waals surface area contributed by atoms with Crippen molar-refractivity contribution < 1.29 is 13.7 Å². The van der Waals surface area contributed by atoms with Crippen LogP contribution in [0.5, 0.6) is 0 Å². The van der Waals surface area contributed by atoms with Gasteiger partial charge in [-0.3, -0.25) is 0 Å². The zero-order valence-electron chi connectivity index (χ0n) is 53.9. The molecule has 0 spiro atoms. The summed E-state index contributed by atoms with van der Waals surface area (Å²) in [6, 6.07) is 77.9. The van der Waals surface area contributed by atoms with Crippen molar-refractivity contribution in [3.05, 3.63) is 303 Å². The van der Waals surface area contributed by atoms with Gasteiger partial charge in [-0.15, -0.1) is 0 Å². The zero-order valence-corrected chi connectivity index (χ0v) is 43.9. The van der Waals surface area contributed by atoms with Crippen molar-refractivity contribution in [1.29, 1.82) is 0 Å². The Hall–Kier alpha value is -10.9. The number of anilines is 6. The normalized spacial score (nSPS) is 13.6. The lowest BCUT2D eigenvalue weighted by Gasteiger charge is -2.28.